The van der Waals surface area contributed by atoms with Gasteiger partial charge >= 0.3 is 0 Å². The highest BCUT2D eigenvalue weighted by atomic mass is 35.5. The lowest BCUT2D eigenvalue weighted by Crippen LogP contribution is -2.14. The van der Waals surface area contributed by atoms with E-state index in [0.717, 1.165) is 22.2 Å². The van der Waals surface area contributed by atoms with Crippen molar-refractivity contribution in [3.8, 4) is 11.3 Å². The van der Waals surface area contributed by atoms with Crippen LogP contribution in [-0.2, 0) is 11.3 Å². The van der Waals surface area contributed by atoms with E-state index in [-0.39, 0.29) is 18.2 Å². The number of nitrogens with two attached hydrogens (primary N) is 1. The summed E-state index contributed by atoms with van der Waals surface area (Å²) in [5, 5.41) is 4.26. The SMILES string of the molecule is NC(=O)CCn1c(-c2ccccc2)cc2cc(NC(=O)c3ccccc3Cl)ccc21. The topological polar surface area (TPSA) is 77.1 Å². The second-order valence-electron chi connectivity index (χ2n) is 6.97. The summed E-state index contributed by atoms with van der Waals surface area (Å²) in [4.78, 5) is 24.0. The lowest BCUT2D eigenvalue weighted by atomic mass is 10.1. The fourth-order valence-electron chi connectivity index (χ4n) is 3.50. The van der Waals surface area contributed by atoms with Gasteiger partial charge < -0.3 is 15.6 Å². The van der Waals surface area contributed by atoms with Gasteiger partial charge in [0.05, 0.1) is 10.6 Å². The molecule has 0 aliphatic heterocycles. The minimum Gasteiger partial charge on any atom is -0.370 e. The first-order valence-corrected chi connectivity index (χ1v) is 9.93. The summed E-state index contributed by atoms with van der Waals surface area (Å²) in [6.07, 6.45) is 0.245. The third-order valence-corrected chi connectivity index (χ3v) is 5.26. The normalized spacial score (nSPS) is 10.8. The summed E-state index contributed by atoms with van der Waals surface area (Å²) >= 11 is 6.13. The molecule has 0 spiro atoms. The molecule has 0 unspecified atom stereocenters. The summed E-state index contributed by atoms with van der Waals surface area (Å²) in [5.74, 6) is -0.615. The molecule has 1 aromatic heterocycles. The molecule has 3 N–H and O–H groups in total. The Bertz CT molecular complexity index is 1230. The number of carbonyl (C=O) groups excluding carboxylic acids is 2. The Morgan fingerprint density at radius 2 is 1.67 bits per heavy atom. The highest BCUT2D eigenvalue weighted by Crippen LogP contribution is 2.30. The Balaban J connectivity index is 1.71. The minimum atomic E-state index is -0.348. The van der Waals surface area contributed by atoms with Crippen LogP contribution >= 0.6 is 11.6 Å². The first-order chi connectivity index (χ1) is 14.5. The largest absolute Gasteiger partial charge is 0.370 e. The molecule has 4 aromatic rings. The van der Waals surface area contributed by atoms with Gasteiger partial charge in [0.15, 0.2) is 0 Å². The van der Waals surface area contributed by atoms with E-state index in [1.54, 1.807) is 24.3 Å². The number of nitrogens with one attached hydrogen (secondary N) is 1. The maximum absolute atomic E-state index is 12.6. The molecule has 6 heteroatoms. The van der Waals surface area contributed by atoms with Crippen molar-refractivity contribution in [1.82, 2.24) is 4.57 Å². The predicted octanol–water partition coefficient (Wildman–Crippen LogP) is 5.09. The maximum Gasteiger partial charge on any atom is 0.257 e. The van der Waals surface area contributed by atoms with Crippen LogP contribution < -0.4 is 11.1 Å². The number of hydrogen-bond acceptors (Lipinski definition) is 2. The number of fused-ring (bicyclic) bond motifs is 1. The van der Waals surface area contributed by atoms with Gasteiger partial charge in [-0.3, -0.25) is 9.59 Å². The number of amides is 2. The van der Waals surface area contributed by atoms with Gasteiger partial charge in [0.1, 0.15) is 0 Å². The molecule has 4 rings (SSSR count). The zero-order valence-electron chi connectivity index (χ0n) is 16.1. The van der Waals surface area contributed by atoms with Gasteiger partial charge in [-0.05, 0) is 42.0 Å². The van der Waals surface area contributed by atoms with Gasteiger partial charge in [-0.1, -0.05) is 54.1 Å². The van der Waals surface area contributed by atoms with E-state index in [9.17, 15) is 9.59 Å². The van der Waals surface area contributed by atoms with Crippen LogP contribution in [0.2, 0.25) is 5.02 Å². The van der Waals surface area contributed by atoms with Crippen molar-refractivity contribution in [1.29, 1.82) is 0 Å². The molecule has 3 aromatic carbocycles. The number of hydrogen-bond donors (Lipinski definition) is 2. The molecule has 5 nitrogen and oxygen atoms in total. The molecule has 2 amide bonds. The Kier molecular flexibility index (Phi) is 5.55. The summed E-state index contributed by atoms with van der Waals surface area (Å²) in [5.41, 5.74) is 9.46. The Hall–Kier alpha value is -3.57. The van der Waals surface area contributed by atoms with E-state index in [0.29, 0.717) is 22.8 Å². The number of anilines is 1. The molecule has 1 heterocycles. The van der Waals surface area contributed by atoms with Crippen molar-refractivity contribution >= 4 is 40.0 Å². The first-order valence-electron chi connectivity index (χ1n) is 9.56. The molecule has 0 aliphatic rings. The maximum atomic E-state index is 12.6. The fraction of sp³-hybridized carbons (Fsp3) is 0.0833. The number of carbonyl (C=O) groups is 2. The van der Waals surface area contributed by atoms with Crippen molar-refractivity contribution in [2.45, 2.75) is 13.0 Å². The number of primary amides is 1. The summed E-state index contributed by atoms with van der Waals surface area (Å²) < 4.78 is 2.08. The monoisotopic (exact) mass is 417 g/mol. The van der Waals surface area contributed by atoms with Crippen LogP contribution in [0.1, 0.15) is 16.8 Å². The molecular formula is C24H20ClN3O2. The molecular weight excluding hydrogens is 398 g/mol. The number of aromatic nitrogens is 1. The van der Waals surface area contributed by atoms with Crippen molar-refractivity contribution in [3.05, 3.63) is 89.4 Å². The van der Waals surface area contributed by atoms with Crippen LogP contribution in [0.5, 0.6) is 0 Å². The van der Waals surface area contributed by atoms with Gasteiger partial charge in [0.25, 0.3) is 5.91 Å². The van der Waals surface area contributed by atoms with Crippen LogP contribution in [0.15, 0.2) is 78.9 Å². The van der Waals surface area contributed by atoms with Crippen molar-refractivity contribution < 1.29 is 9.59 Å². The van der Waals surface area contributed by atoms with Crippen molar-refractivity contribution in [2.24, 2.45) is 5.73 Å². The van der Waals surface area contributed by atoms with Crippen LogP contribution in [0.3, 0.4) is 0 Å². The summed E-state index contributed by atoms with van der Waals surface area (Å²) in [7, 11) is 0. The summed E-state index contributed by atoms with van der Waals surface area (Å²) in [6, 6.07) is 24.6. The Morgan fingerprint density at radius 1 is 0.933 bits per heavy atom. The van der Waals surface area contributed by atoms with E-state index >= 15 is 0 Å². The quantitative estimate of drug-likeness (QED) is 0.458. The van der Waals surface area contributed by atoms with Gasteiger partial charge in [-0.15, -0.1) is 0 Å². The number of rotatable bonds is 6. The van der Waals surface area contributed by atoms with Crippen LogP contribution in [0.4, 0.5) is 5.69 Å². The van der Waals surface area contributed by atoms with E-state index < -0.39 is 0 Å². The molecule has 0 atom stereocenters. The molecule has 0 saturated carbocycles. The second kappa shape index (κ2) is 8.43. The van der Waals surface area contributed by atoms with Crippen LogP contribution in [-0.4, -0.2) is 16.4 Å². The average molecular weight is 418 g/mol. The highest BCUT2D eigenvalue weighted by molar-refractivity contribution is 6.34. The molecule has 0 fully saturated rings. The number of aryl methyl sites for hydroxylation is 1. The second-order valence-corrected chi connectivity index (χ2v) is 7.38. The summed E-state index contributed by atoms with van der Waals surface area (Å²) in [6.45, 7) is 0.481. The van der Waals surface area contributed by atoms with E-state index in [4.69, 9.17) is 17.3 Å². The van der Waals surface area contributed by atoms with Gasteiger partial charge in [0.2, 0.25) is 5.91 Å². The van der Waals surface area contributed by atoms with Crippen molar-refractivity contribution in [2.75, 3.05) is 5.32 Å². The zero-order valence-corrected chi connectivity index (χ0v) is 16.9. The van der Waals surface area contributed by atoms with Gasteiger partial charge in [0, 0.05) is 35.2 Å². The van der Waals surface area contributed by atoms with Gasteiger partial charge in [-0.2, -0.15) is 0 Å². The minimum absolute atomic E-state index is 0.245. The van der Waals surface area contributed by atoms with Crippen molar-refractivity contribution in [3.63, 3.8) is 0 Å². The number of benzene rings is 3. The van der Waals surface area contributed by atoms with Crippen LogP contribution in [0, 0.1) is 0 Å². The molecule has 0 radical (unpaired) electrons. The lowest BCUT2D eigenvalue weighted by molar-refractivity contribution is -0.118. The Morgan fingerprint density at radius 3 is 2.40 bits per heavy atom. The Labute approximate surface area is 179 Å². The molecule has 0 aliphatic carbocycles. The number of halogens is 1. The van der Waals surface area contributed by atoms with E-state index in [2.05, 4.69) is 16.0 Å². The zero-order chi connectivity index (χ0) is 21.1. The lowest BCUT2D eigenvalue weighted by Gasteiger charge is -2.11. The molecule has 150 valence electrons. The smallest absolute Gasteiger partial charge is 0.257 e. The standard InChI is InChI=1S/C24H20ClN3O2/c25-20-9-5-4-8-19(20)24(30)27-18-10-11-21-17(14-18)15-22(16-6-2-1-3-7-16)28(21)13-12-23(26)29/h1-11,14-15H,12-13H2,(H2,26,29)(H,27,30). The third-order valence-electron chi connectivity index (χ3n) is 4.93. The average Bonchev–Trinajstić information content (AvgIpc) is 3.11. The third kappa shape index (κ3) is 4.07. The molecule has 30 heavy (non-hydrogen) atoms. The number of nitrogens with zero attached hydrogens (tertiary/aromatic N) is 1. The van der Waals surface area contributed by atoms with Crippen LogP contribution in [0.25, 0.3) is 22.2 Å². The fourth-order valence-corrected chi connectivity index (χ4v) is 3.72. The van der Waals surface area contributed by atoms with E-state index in [1.807, 2.05) is 48.5 Å². The van der Waals surface area contributed by atoms with E-state index in [1.165, 1.54) is 0 Å². The molecule has 0 bridgehead atoms. The highest BCUT2D eigenvalue weighted by Gasteiger charge is 2.14. The van der Waals surface area contributed by atoms with Gasteiger partial charge in [-0.25, -0.2) is 0 Å². The first kappa shape index (κ1) is 19.7. The predicted molar refractivity (Wildman–Crippen MR) is 121 cm³/mol. The molecule has 0 saturated heterocycles.